The third kappa shape index (κ3) is 3.65. The van der Waals surface area contributed by atoms with E-state index in [0.717, 1.165) is 23.1 Å². The molecule has 0 heterocycles. The van der Waals surface area contributed by atoms with Crippen molar-refractivity contribution in [1.82, 2.24) is 0 Å². The van der Waals surface area contributed by atoms with Gasteiger partial charge in [-0.15, -0.1) is 0 Å². The van der Waals surface area contributed by atoms with Gasteiger partial charge in [-0.05, 0) is 30.5 Å². The van der Waals surface area contributed by atoms with Crippen LogP contribution in [0.1, 0.15) is 34.0 Å². The zero-order valence-corrected chi connectivity index (χ0v) is 11.4. The molecule has 0 unspecified atom stereocenters. The van der Waals surface area contributed by atoms with Crippen LogP contribution in [0.25, 0.3) is 6.08 Å². The lowest BCUT2D eigenvalue weighted by atomic mass is 10.1. The van der Waals surface area contributed by atoms with Crippen molar-refractivity contribution in [2.24, 2.45) is 0 Å². The van der Waals surface area contributed by atoms with E-state index in [0.29, 0.717) is 0 Å². The highest BCUT2D eigenvalue weighted by Crippen LogP contribution is 2.09. The molecule has 0 spiro atoms. The van der Waals surface area contributed by atoms with Gasteiger partial charge in [0.05, 0.1) is 0 Å². The van der Waals surface area contributed by atoms with Gasteiger partial charge in [0, 0.05) is 5.56 Å². The quantitative estimate of drug-likeness (QED) is 0.578. The monoisotopic (exact) mass is 250 g/mol. The second kappa shape index (κ2) is 6.14. The van der Waals surface area contributed by atoms with E-state index < -0.39 is 0 Å². The minimum Gasteiger partial charge on any atom is -0.289 e. The van der Waals surface area contributed by atoms with Crippen molar-refractivity contribution in [3.63, 3.8) is 0 Å². The topological polar surface area (TPSA) is 17.1 Å². The smallest absolute Gasteiger partial charge is 0.185 e. The highest BCUT2D eigenvalue weighted by atomic mass is 16.1. The zero-order valence-electron chi connectivity index (χ0n) is 11.4. The number of rotatable bonds is 4. The van der Waals surface area contributed by atoms with Crippen LogP contribution in [-0.2, 0) is 6.42 Å². The van der Waals surface area contributed by atoms with Crippen molar-refractivity contribution < 1.29 is 4.79 Å². The van der Waals surface area contributed by atoms with Crippen LogP contribution in [0.5, 0.6) is 0 Å². The molecule has 0 aliphatic rings. The Morgan fingerprint density at radius 2 is 1.63 bits per heavy atom. The van der Waals surface area contributed by atoms with E-state index in [1.807, 2.05) is 49.4 Å². The SMILES string of the molecule is CCc1ccc(/C=C/C(=O)c2ccc(C)cc2)cc1. The molecule has 2 rings (SSSR count). The Hall–Kier alpha value is -2.15. The summed E-state index contributed by atoms with van der Waals surface area (Å²) >= 11 is 0. The van der Waals surface area contributed by atoms with Gasteiger partial charge in [0.2, 0.25) is 0 Å². The fourth-order valence-corrected chi connectivity index (χ4v) is 1.85. The summed E-state index contributed by atoms with van der Waals surface area (Å²) in [7, 11) is 0. The first-order chi connectivity index (χ1) is 9.19. The van der Waals surface area contributed by atoms with Gasteiger partial charge in [-0.2, -0.15) is 0 Å². The molecule has 2 aromatic carbocycles. The maximum atomic E-state index is 12.0. The summed E-state index contributed by atoms with van der Waals surface area (Å²) in [5, 5.41) is 0. The summed E-state index contributed by atoms with van der Waals surface area (Å²) in [6.45, 7) is 4.14. The minimum absolute atomic E-state index is 0.0413. The number of hydrogen-bond donors (Lipinski definition) is 0. The van der Waals surface area contributed by atoms with Crippen molar-refractivity contribution in [3.05, 3.63) is 76.9 Å². The predicted octanol–water partition coefficient (Wildman–Crippen LogP) is 4.45. The second-order valence-corrected chi connectivity index (χ2v) is 4.66. The van der Waals surface area contributed by atoms with E-state index in [-0.39, 0.29) is 5.78 Å². The van der Waals surface area contributed by atoms with Gasteiger partial charge in [-0.25, -0.2) is 0 Å². The van der Waals surface area contributed by atoms with Crippen molar-refractivity contribution in [3.8, 4) is 0 Å². The van der Waals surface area contributed by atoms with Crippen molar-refractivity contribution in [2.75, 3.05) is 0 Å². The predicted molar refractivity (Wildman–Crippen MR) is 80.4 cm³/mol. The van der Waals surface area contributed by atoms with Gasteiger partial charge < -0.3 is 0 Å². The summed E-state index contributed by atoms with van der Waals surface area (Å²) in [4.78, 5) is 12.0. The molecule has 2 aromatic rings. The van der Waals surface area contributed by atoms with E-state index in [4.69, 9.17) is 0 Å². The van der Waals surface area contributed by atoms with Crippen molar-refractivity contribution in [2.45, 2.75) is 20.3 Å². The molecule has 19 heavy (non-hydrogen) atoms. The van der Waals surface area contributed by atoms with E-state index in [9.17, 15) is 4.79 Å². The van der Waals surface area contributed by atoms with Gasteiger partial charge in [-0.1, -0.05) is 67.1 Å². The summed E-state index contributed by atoms with van der Waals surface area (Å²) in [5.41, 5.74) is 4.25. The Kier molecular flexibility index (Phi) is 4.30. The number of hydrogen-bond acceptors (Lipinski definition) is 1. The van der Waals surface area contributed by atoms with Crippen molar-refractivity contribution >= 4 is 11.9 Å². The van der Waals surface area contributed by atoms with Crippen LogP contribution in [-0.4, -0.2) is 5.78 Å². The Morgan fingerprint density at radius 3 is 2.21 bits per heavy atom. The van der Waals surface area contributed by atoms with Crippen LogP contribution >= 0.6 is 0 Å². The first-order valence-electron chi connectivity index (χ1n) is 6.57. The average Bonchev–Trinajstić information content (AvgIpc) is 2.46. The number of ketones is 1. The largest absolute Gasteiger partial charge is 0.289 e. The third-order valence-corrected chi connectivity index (χ3v) is 3.15. The number of carbonyl (C=O) groups is 1. The highest BCUT2D eigenvalue weighted by molar-refractivity contribution is 6.06. The van der Waals surface area contributed by atoms with E-state index in [1.165, 1.54) is 5.56 Å². The minimum atomic E-state index is 0.0413. The molecule has 0 saturated heterocycles. The number of benzene rings is 2. The molecule has 0 amide bonds. The Bertz CT molecular complexity index is 574. The number of carbonyl (C=O) groups excluding carboxylic acids is 1. The molecule has 0 bridgehead atoms. The molecule has 96 valence electrons. The number of allylic oxidation sites excluding steroid dienone is 1. The number of aryl methyl sites for hydroxylation is 2. The second-order valence-electron chi connectivity index (χ2n) is 4.66. The summed E-state index contributed by atoms with van der Waals surface area (Å²) in [6, 6.07) is 15.9. The van der Waals surface area contributed by atoms with Gasteiger partial charge in [0.1, 0.15) is 0 Å². The molecule has 0 atom stereocenters. The third-order valence-electron chi connectivity index (χ3n) is 3.15. The maximum absolute atomic E-state index is 12.0. The summed E-state index contributed by atoms with van der Waals surface area (Å²) in [5.74, 6) is 0.0413. The van der Waals surface area contributed by atoms with Gasteiger partial charge in [-0.3, -0.25) is 4.79 Å². The van der Waals surface area contributed by atoms with E-state index in [2.05, 4.69) is 19.1 Å². The van der Waals surface area contributed by atoms with Crippen LogP contribution in [0.2, 0.25) is 0 Å². The lowest BCUT2D eigenvalue weighted by Crippen LogP contribution is -1.93. The molecule has 0 saturated carbocycles. The highest BCUT2D eigenvalue weighted by Gasteiger charge is 2.00. The molecule has 0 aliphatic carbocycles. The molecular weight excluding hydrogens is 232 g/mol. The van der Waals surface area contributed by atoms with Crippen LogP contribution < -0.4 is 0 Å². The van der Waals surface area contributed by atoms with Crippen LogP contribution in [0, 0.1) is 6.92 Å². The van der Waals surface area contributed by atoms with E-state index in [1.54, 1.807) is 6.08 Å². The van der Waals surface area contributed by atoms with Gasteiger partial charge in [0.25, 0.3) is 0 Å². The molecule has 0 aliphatic heterocycles. The molecule has 0 N–H and O–H groups in total. The summed E-state index contributed by atoms with van der Waals surface area (Å²) < 4.78 is 0. The van der Waals surface area contributed by atoms with Crippen LogP contribution in [0.4, 0.5) is 0 Å². The van der Waals surface area contributed by atoms with E-state index >= 15 is 0 Å². The fourth-order valence-electron chi connectivity index (χ4n) is 1.85. The summed E-state index contributed by atoms with van der Waals surface area (Å²) in [6.07, 6.45) is 4.53. The van der Waals surface area contributed by atoms with Gasteiger partial charge >= 0.3 is 0 Å². The first kappa shape index (κ1) is 13.3. The van der Waals surface area contributed by atoms with Gasteiger partial charge in [0.15, 0.2) is 5.78 Å². The lowest BCUT2D eigenvalue weighted by molar-refractivity contribution is 0.104. The Morgan fingerprint density at radius 1 is 1.00 bits per heavy atom. The molecule has 1 nitrogen and oxygen atoms in total. The molecule has 0 radical (unpaired) electrons. The van der Waals surface area contributed by atoms with Crippen LogP contribution in [0.15, 0.2) is 54.6 Å². The zero-order chi connectivity index (χ0) is 13.7. The average molecular weight is 250 g/mol. The first-order valence-corrected chi connectivity index (χ1v) is 6.57. The molecule has 0 fully saturated rings. The van der Waals surface area contributed by atoms with Crippen molar-refractivity contribution in [1.29, 1.82) is 0 Å². The molecule has 1 heteroatoms. The normalized spacial score (nSPS) is 10.8. The molecular formula is C18H18O. The van der Waals surface area contributed by atoms with Crippen LogP contribution in [0.3, 0.4) is 0 Å². The Labute approximate surface area is 114 Å². The standard InChI is InChI=1S/C18H18O/c1-3-15-6-8-16(9-7-15)10-13-18(19)17-11-4-14(2)5-12-17/h4-13H,3H2,1-2H3/b13-10+. The lowest BCUT2D eigenvalue weighted by Gasteiger charge is -1.98. The molecule has 0 aromatic heterocycles. The fraction of sp³-hybridized carbons (Fsp3) is 0.167. The Balaban J connectivity index is 2.08. The maximum Gasteiger partial charge on any atom is 0.185 e.